The van der Waals surface area contributed by atoms with Gasteiger partial charge in [0.15, 0.2) is 5.82 Å². The smallest absolute Gasteiger partial charge is 0.160 e. The topological polar surface area (TPSA) is 56.5 Å². The summed E-state index contributed by atoms with van der Waals surface area (Å²) in [4.78, 5) is 20.3. The maximum absolute atomic E-state index is 5.52. The molecule has 0 aliphatic heterocycles. The molecule has 4 heterocycles. The van der Waals surface area contributed by atoms with Gasteiger partial charge in [-0.3, -0.25) is 9.97 Å². The van der Waals surface area contributed by atoms with Gasteiger partial charge in [0, 0.05) is 67.6 Å². The van der Waals surface area contributed by atoms with Crippen LogP contribution in [0.2, 0.25) is 0 Å². The molecule has 246 valence electrons. The number of pyridine rings is 2. The molecule has 10 rings (SSSR count). The molecule has 0 fully saturated rings. The van der Waals surface area contributed by atoms with E-state index in [-0.39, 0.29) is 5.41 Å². The third-order valence-corrected chi connectivity index (χ3v) is 10.5. The lowest BCUT2D eigenvalue weighted by Crippen LogP contribution is -2.17. The van der Waals surface area contributed by atoms with Gasteiger partial charge < -0.3 is 4.57 Å². The van der Waals surface area contributed by atoms with Gasteiger partial charge in [0.2, 0.25) is 0 Å². The molecule has 5 nitrogen and oxygen atoms in total. The van der Waals surface area contributed by atoms with Crippen molar-refractivity contribution in [3.63, 3.8) is 0 Å². The Bertz CT molecular complexity index is 2710. The summed E-state index contributed by atoms with van der Waals surface area (Å²) in [5.74, 6) is 0.665. The van der Waals surface area contributed by atoms with E-state index in [1.807, 2.05) is 48.8 Å². The predicted octanol–water partition coefficient (Wildman–Crippen LogP) is 11.3. The molecule has 0 radical (unpaired) electrons. The minimum absolute atomic E-state index is 0.308. The summed E-state index contributed by atoms with van der Waals surface area (Å²) in [5.41, 5.74) is 14.3. The van der Waals surface area contributed by atoms with Gasteiger partial charge in [-0.25, -0.2) is 9.97 Å². The first kappa shape index (κ1) is 30.1. The Morgan fingerprint density at radius 3 is 1.71 bits per heavy atom. The number of nitrogens with zero attached hydrogens (tertiary/aromatic N) is 5. The molecular weight excluding hydrogens is 635 g/mol. The van der Waals surface area contributed by atoms with E-state index in [1.54, 1.807) is 0 Å². The Balaban J connectivity index is 1.24. The van der Waals surface area contributed by atoms with Crippen LogP contribution < -0.4 is 0 Å². The van der Waals surface area contributed by atoms with Crippen LogP contribution in [0.1, 0.15) is 25.0 Å². The number of hydrogen-bond acceptors (Lipinski definition) is 4. The van der Waals surface area contributed by atoms with E-state index in [9.17, 15) is 0 Å². The molecular formula is C47H33N5. The van der Waals surface area contributed by atoms with E-state index < -0.39 is 0 Å². The molecule has 0 saturated heterocycles. The fourth-order valence-corrected chi connectivity index (χ4v) is 8.07. The number of para-hydroxylation sites is 2. The average Bonchev–Trinajstić information content (AvgIpc) is 3.67. The van der Waals surface area contributed by atoms with Crippen LogP contribution in [0.5, 0.6) is 0 Å². The average molecular weight is 668 g/mol. The molecule has 52 heavy (non-hydrogen) atoms. The van der Waals surface area contributed by atoms with Gasteiger partial charge in [-0.15, -0.1) is 0 Å². The van der Waals surface area contributed by atoms with Crippen LogP contribution in [0.25, 0.3) is 83.9 Å². The Morgan fingerprint density at radius 1 is 0.481 bits per heavy atom. The zero-order valence-electron chi connectivity index (χ0n) is 28.8. The summed E-state index contributed by atoms with van der Waals surface area (Å²) in [7, 11) is 0. The van der Waals surface area contributed by atoms with Gasteiger partial charge in [-0.2, -0.15) is 0 Å². The Hall–Kier alpha value is -6.72. The highest BCUT2D eigenvalue weighted by Gasteiger charge is 2.40. The van der Waals surface area contributed by atoms with Crippen molar-refractivity contribution < 1.29 is 0 Å². The van der Waals surface area contributed by atoms with Crippen LogP contribution in [-0.2, 0) is 5.41 Å². The summed E-state index contributed by atoms with van der Waals surface area (Å²) >= 11 is 0. The van der Waals surface area contributed by atoms with E-state index in [0.29, 0.717) is 5.82 Å². The summed E-state index contributed by atoms with van der Waals surface area (Å²) in [5, 5.41) is 2.48. The van der Waals surface area contributed by atoms with Gasteiger partial charge in [0.1, 0.15) is 0 Å². The minimum atomic E-state index is -0.308. The SMILES string of the molecule is CC1(C)c2ccccc2-c2nc(-c3cc(-c4ccccn4)cc(-c4ccccn4)c3)nc(-c3cccc(-n4c5ccccc5c5ccccc54)c3)c21. The van der Waals surface area contributed by atoms with Crippen LogP contribution in [0, 0.1) is 0 Å². The van der Waals surface area contributed by atoms with Crippen LogP contribution in [0.4, 0.5) is 0 Å². The van der Waals surface area contributed by atoms with E-state index >= 15 is 0 Å². The predicted molar refractivity (Wildman–Crippen MR) is 211 cm³/mol. The largest absolute Gasteiger partial charge is 0.309 e. The summed E-state index contributed by atoms with van der Waals surface area (Å²) in [6, 6.07) is 53.2. The van der Waals surface area contributed by atoms with Gasteiger partial charge in [-0.05, 0) is 72.3 Å². The van der Waals surface area contributed by atoms with Crippen LogP contribution >= 0.6 is 0 Å². The number of aromatic nitrogens is 5. The molecule has 0 saturated carbocycles. The molecule has 1 aliphatic carbocycles. The molecule has 0 bridgehead atoms. The number of rotatable bonds is 5. The second-order valence-electron chi connectivity index (χ2n) is 13.9. The monoisotopic (exact) mass is 667 g/mol. The zero-order chi connectivity index (χ0) is 34.8. The van der Waals surface area contributed by atoms with Crippen molar-refractivity contribution >= 4 is 21.8 Å². The van der Waals surface area contributed by atoms with E-state index in [1.165, 1.54) is 27.4 Å². The highest BCUT2D eigenvalue weighted by Crippen LogP contribution is 2.51. The Kier molecular flexibility index (Phi) is 6.77. The fourth-order valence-electron chi connectivity index (χ4n) is 8.07. The second-order valence-corrected chi connectivity index (χ2v) is 13.9. The van der Waals surface area contributed by atoms with Crippen LogP contribution in [0.3, 0.4) is 0 Å². The summed E-state index contributed by atoms with van der Waals surface area (Å²) in [6.07, 6.45) is 3.66. The molecule has 0 spiro atoms. The Morgan fingerprint density at radius 2 is 1.06 bits per heavy atom. The van der Waals surface area contributed by atoms with E-state index in [4.69, 9.17) is 19.9 Å². The van der Waals surface area contributed by atoms with Gasteiger partial charge in [0.25, 0.3) is 0 Å². The third-order valence-electron chi connectivity index (χ3n) is 10.5. The van der Waals surface area contributed by atoms with Crippen LogP contribution in [0.15, 0.2) is 164 Å². The van der Waals surface area contributed by atoms with Crippen molar-refractivity contribution in [1.29, 1.82) is 0 Å². The minimum Gasteiger partial charge on any atom is -0.309 e. The van der Waals surface area contributed by atoms with E-state index in [0.717, 1.165) is 61.8 Å². The molecule has 1 aliphatic rings. The van der Waals surface area contributed by atoms with Crippen molar-refractivity contribution in [2.75, 3.05) is 0 Å². The molecule has 0 unspecified atom stereocenters. The normalized spacial score (nSPS) is 13.0. The lowest BCUT2D eigenvalue weighted by Gasteiger charge is -2.24. The van der Waals surface area contributed by atoms with E-state index in [2.05, 4.69) is 134 Å². The zero-order valence-corrected chi connectivity index (χ0v) is 28.8. The van der Waals surface area contributed by atoms with Gasteiger partial charge >= 0.3 is 0 Å². The van der Waals surface area contributed by atoms with Crippen molar-refractivity contribution in [2.45, 2.75) is 19.3 Å². The molecule has 4 aromatic heterocycles. The highest BCUT2D eigenvalue weighted by molar-refractivity contribution is 6.09. The number of benzene rings is 5. The second kappa shape index (κ2) is 11.7. The van der Waals surface area contributed by atoms with Crippen LogP contribution in [-0.4, -0.2) is 24.5 Å². The van der Waals surface area contributed by atoms with Crippen molar-refractivity contribution in [3.05, 3.63) is 175 Å². The third kappa shape index (κ3) is 4.70. The summed E-state index contributed by atoms with van der Waals surface area (Å²) < 4.78 is 2.37. The highest BCUT2D eigenvalue weighted by atomic mass is 15.0. The number of fused-ring (bicyclic) bond motifs is 6. The Labute approximate surface area is 302 Å². The fraction of sp³-hybridized carbons (Fsp3) is 0.0638. The molecule has 0 N–H and O–H groups in total. The lowest BCUT2D eigenvalue weighted by atomic mass is 9.80. The quantitative estimate of drug-likeness (QED) is 0.183. The standard InChI is InChI=1S/C47H33N5/c1-47(2)38-19-6-3-18-37(38)45-43(47)44(30-14-13-15-34(29-30)52-41-22-7-4-16-35(41)36-17-5-8-23-42(36)52)50-46(51-45)33-27-31(39-20-9-11-24-48-39)26-32(28-33)40-21-10-12-25-49-40/h3-29H,1-2H3. The first-order chi connectivity index (χ1) is 25.5. The molecule has 0 amide bonds. The maximum Gasteiger partial charge on any atom is 0.160 e. The molecule has 5 heteroatoms. The maximum atomic E-state index is 5.52. The van der Waals surface area contributed by atoms with Gasteiger partial charge in [0.05, 0.1) is 33.8 Å². The molecule has 9 aromatic rings. The first-order valence-corrected chi connectivity index (χ1v) is 17.6. The van der Waals surface area contributed by atoms with Crippen molar-refractivity contribution in [3.8, 4) is 62.1 Å². The number of hydrogen-bond donors (Lipinski definition) is 0. The lowest BCUT2D eigenvalue weighted by molar-refractivity contribution is 0.658. The van der Waals surface area contributed by atoms with Crippen molar-refractivity contribution in [2.24, 2.45) is 0 Å². The summed E-state index contributed by atoms with van der Waals surface area (Å²) in [6.45, 7) is 4.59. The van der Waals surface area contributed by atoms with Gasteiger partial charge in [-0.1, -0.05) is 98.8 Å². The molecule has 0 atom stereocenters. The molecule has 5 aromatic carbocycles. The van der Waals surface area contributed by atoms with Crippen molar-refractivity contribution in [1.82, 2.24) is 24.5 Å². The first-order valence-electron chi connectivity index (χ1n) is 17.6.